The van der Waals surface area contributed by atoms with Crippen LogP contribution in [0.15, 0.2) is 0 Å². The SMILES string of the molecule is CCC(C)(C)CNC1CCCN(C(C)C)CC1. The first-order chi connectivity index (χ1) is 7.94. The Morgan fingerprint density at radius 1 is 1.24 bits per heavy atom. The van der Waals surface area contributed by atoms with Crippen LogP contribution in [0.1, 0.15) is 60.3 Å². The van der Waals surface area contributed by atoms with Crippen LogP contribution in [-0.2, 0) is 0 Å². The number of likely N-dealkylation sites (tertiary alicyclic amines) is 1. The third kappa shape index (κ3) is 5.39. The summed E-state index contributed by atoms with van der Waals surface area (Å²) >= 11 is 0. The van der Waals surface area contributed by atoms with Crippen molar-refractivity contribution in [3.8, 4) is 0 Å². The van der Waals surface area contributed by atoms with Gasteiger partial charge in [0.05, 0.1) is 0 Å². The van der Waals surface area contributed by atoms with Crippen LogP contribution in [0.4, 0.5) is 0 Å². The van der Waals surface area contributed by atoms with Crippen molar-refractivity contribution in [1.82, 2.24) is 10.2 Å². The Morgan fingerprint density at radius 3 is 2.53 bits per heavy atom. The fraction of sp³-hybridized carbons (Fsp3) is 1.00. The molecule has 102 valence electrons. The number of nitrogens with zero attached hydrogens (tertiary/aromatic N) is 1. The highest BCUT2D eigenvalue weighted by Crippen LogP contribution is 2.20. The van der Waals surface area contributed by atoms with Gasteiger partial charge in [0.15, 0.2) is 0 Å². The van der Waals surface area contributed by atoms with E-state index >= 15 is 0 Å². The Hall–Kier alpha value is -0.0800. The van der Waals surface area contributed by atoms with Crippen LogP contribution in [0.3, 0.4) is 0 Å². The molecule has 1 heterocycles. The van der Waals surface area contributed by atoms with Gasteiger partial charge in [0.25, 0.3) is 0 Å². The second-order valence-corrected chi connectivity index (χ2v) is 6.66. The second kappa shape index (κ2) is 6.75. The normalized spacial score (nSPS) is 24.0. The molecule has 1 N–H and O–H groups in total. The molecule has 1 aliphatic rings. The van der Waals surface area contributed by atoms with E-state index in [0.717, 1.165) is 12.6 Å². The fourth-order valence-corrected chi connectivity index (χ4v) is 2.38. The van der Waals surface area contributed by atoms with Gasteiger partial charge in [-0.3, -0.25) is 0 Å². The molecular weight excluding hydrogens is 208 g/mol. The van der Waals surface area contributed by atoms with Crippen LogP contribution in [0.5, 0.6) is 0 Å². The minimum atomic E-state index is 0.448. The summed E-state index contributed by atoms with van der Waals surface area (Å²) in [5.41, 5.74) is 0.448. The molecule has 0 aromatic rings. The largest absolute Gasteiger partial charge is 0.313 e. The van der Waals surface area contributed by atoms with Gasteiger partial charge in [-0.1, -0.05) is 20.8 Å². The quantitative estimate of drug-likeness (QED) is 0.793. The van der Waals surface area contributed by atoms with Gasteiger partial charge in [0, 0.05) is 18.6 Å². The third-order valence-corrected chi connectivity index (χ3v) is 4.32. The van der Waals surface area contributed by atoms with E-state index in [0.29, 0.717) is 11.5 Å². The molecule has 1 fully saturated rings. The molecule has 2 nitrogen and oxygen atoms in total. The Bertz CT molecular complexity index is 211. The van der Waals surface area contributed by atoms with Crippen molar-refractivity contribution in [1.29, 1.82) is 0 Å². The molecule has 0 aromatic carbocycles. The zero-order valence-electron chi connectivity index (χ0n) is 12.6. The Morgan fingerprint density at radius 2 is 1.94 bits per heavy atom. The first kappa shape index (κ1) is 15.0. The lowest BCUT2D eigenvalue weighted by atomic mass is 9.90. The van der Waals surface area contributed by atoms with E-state index in [1.807, 2.05) is 0 Å². The van der Waals surface area contributed by atoms with E-state index in [1.54, 1.807) is 0 Å². The summed E-state index contributed by atoms with van der Waals surface area (Å²) < 4.78 is 0. The molecule has 1 saturated heterocycles. The van der Waals surface area contributed by atoms with Gasteiger partial charge in [-0.2, -0.15) is 0 Å². The average molecular weight is 240 g/mol. The minimum Gasteiger partial charge on any atom is -0.313 e. The minimum absolute atomic E-state index is 0.448. The van der Waals surface area contributed by atoms with E-state index in [-0.39, 0.29) is 0 Å². The number of nitrogens with one attached hydrogen (secondary N) is 1. The molecule has 1 rings (SSSR count). The van der Waals surface area contributed by atoms with Crippen molar-refractivity contribution in [3.05, 3.63) is 0 Å². The standard InChI is InChI=1S/C15H32N2/c1-6-15(4,5)12-16-14-8-7-10-17(11-9-14)13(2)3/h13-14,16H,6-12H2,1-5H3. The molecule has 0 amide bonds. The molecule has 0 spiro atoms. The van der Waals surface area contributed by atoms with Crippen LogP contribution < -0.4 is 5.32 Å². The monoisotopic (exact) mass is 240 g/mol. The van der Waals surface area contributed by atoms with Gasteiger partial charge in [-0.15, -0.1) is 0 Å². The van der Waals surface area contributed by atoms with Crippen molar-refractivity contribution in [2.75, 3.05) is 19.6 Å². The molecule has 1 aliphatic heterocycles. The van der Waals surface area contributed by atoms with Gasteiger partial charge >= 0.3 is 0 Å². The highest BCUT2D eigenvalue weighted by molar-refractivity contribution is 4.79. The number of hydrogen-bond acceptors (Lipinski definition) is 2. The van der Waals surface area contributed by atoms with E-state index in [1.165, 1.54) is 38.8 Å². The molecule has 1 unspecified atom stereocenters. The highest BCUT2D eigenvalue weighted by Gasteiger charge is 2.21. The van der Waals surface area contributed by atoms with Crippen molar-refractivity contribution in [3.63, 3.8) is 0 Å². The van der Waals surface area contributed by atoms with Gasteiger partial charge in [-0.25, -0.2) is 0 Å². The predicted molar refractivity (Wildman–Crippen MR) is 76.4 cm³/mol. The maximum absolute atomic E-state index is 3.79. The van der Waals surface area contributed by atoms with Crippen molar-refractivity contribution in [2.24, 2.45) is 5.41 Å². The van der Waals surface area contributed by atoms with E-state index < -0.39 is 0 Å². The fourth-order valence-electron chi connectivity index (χ4n) is 2.38. The molecule has 0 saturated carbocycles. The van der Waals surface area contributed by atoms with E-state index in [9.17, 15) is 0 Å². The Labute approximate surface area is 108 Å². The summed E-state index contributed by atoms with van der Waals surface area (Å²) in [4.78, 5) is 2.62. The van der Waals surface area contributed by atoms with Crippen LogP contribution in [0.2, 0.25) is 0 Å². The highest BCUT2D eigenvalue weighted by atomic mass is 15.1. The van der Waals surface area contributed by atoms with Gasteiger partial charge in [0.2, 0.25) is 0 Å². The Kier molecular flexibility index (Phi) is 5.94. The summed E-state index contributed by atoms with van der Waals surface area (Å²) in [5, 5.41) is 3.79. The number of hydrogen-bond donors (Lipinski definition) is 1. The van der Waals surface area contributed by atoms with Gasteiger partial charge in [-0.05, 0) is 58.0 Å². The zero-order chi connectivity index (χ0) is 12.9. The van der Waals surface area contributed by atoms with E-state index in [4.69, 9.17) is 0 Å². The lowest BCUT2D eigenvalue weighted by Gasteiger charge is -2.27. The summed E-state index contributed by atoms with van der Waals surface area (Å²) in [6, 6.07) is 1.45. The van der Waals surface area contributed by atoms with Gasteiger partial charge in [0.1, 0.15) is 0 Å². The van der Waals surface area contributed by atoms with Crippen molar-refractivity contribution < 1.29 is 0 Å². The van der Waals surface area contributed by atoms with Crippen LogP contribution in [-0.4, -0.2) is 36.6 Å². The van der Waals surface area contributed by atoms with Crippen molar-refractivity contribution >= 4 is 0 Å². The van der Waals surface area contributed by atoms with Crippen LogP contribution >= 0.6 is 0 Å². The molecule has 17 heavy (non-hydrogen) atoms. The summed E-state index contributed by atoms with van der Waals surface area (Å²) in [6.45, 7) is 15.3. The van der Waals surface area contributed by atoms with Crippen LogP contribution in [0, 0.1) is 5.41 Å². The van der Waals surface area contributed by atoms with Crippen molar-refractivity contribution in [2.45, 2.75) is 72.4 Å². The lowest BCUT2D eigenvalue weighted by molar-refractivity contribution is 0.227. The summed E-state index contributed by atoms with van der Waals surface area (Å²) in [5.74, 6) is 0. The third-order valence-electron chi connectivity index (χ3n) is 4.32. The summed E-state index contributed by atoms with van der Waals surface area (Å²) in [6.07, 6.45) is 5.27. The first-order valence-corrected chi connectivity index (χ1v) is 7.42. The topological polar surface area (TPSA) is 15.3 Å². The average Bonchev–Trinajstić information content (AvgIpc) is 2.52. The maximum Gasteiger partial charge on any atom is 0.00799 e. The second-order valence-electron chi connectivity index (χ2n) is 6.66. The summed E-state index contributed by atoms with van der Waals surface area (Å²) in [7, 11) is 0. The first-order valence-electron chi connectivity index (χ1n) is 7.42. The predicted octanol–water partition coefficient (Wildman–Crippen LogP) is 3.28. The molecular formula is C15H32N2. The van der Waals surface area contributed by atoms with Gasteiger partial charge < -0.3 is 10.2 Å². The number of rotatable bonds is 5. The Balaban J connectivity index is 2.32. The molecule has 2 heteroatoms. The molecule has 0 radical (unpaired) electrons. The van der Waals surface area contributed by atoms with Crippen LogP contribution in [0.25, 0.3) is 0 Å². The smallest absolute Gasteiger partial charge is 0.00799 e. The molecule has 0 aliphatic carbocycles. The molecule has 1 atom stereocenters. The molecule has 0 aromatic heterocycles. The lowest BCUT2D eigenvalue weighted by Crippen LogP contribution is -2.38. The maximum atomic E-state index is 3.79. The molecule has 0 bridgehead atoms. The zero-order valence-corrected chi connectivity index (χ0v) is 12.6. The van der Waals surface area contributed by atoms with E-state index in [2.05, 4.69) is 44.8 Å².